The Labute approximate surface area is 149 Å². The smallest absolute Gasteiger partial charge is 0.293 e. The third kappa shape index (κ3) is 4.10. The minimum absolute atomic E-state index is 0.166. The van der Waals surface area contributed by atoms with Gasteiger partial charge in [0.25, 0.3) is 5.69 Å². The van der Waals surface area contributed by atoms with Crippen molar-refractivity contribution >= 4 is 23.0 Å². The summed E-state index contributed by atoms with van der Waals surface area (Å²) in [6.07, 6.45) is 4.27. The Hall–Kier alpha value is -3.55. The van der Waals surface area contributed by atoms with Crippen molar-refractivity contribution in [1.82, 2.24) is 14.8 Å². The van der Waals surface area contributed by atoms with E-state index in [2.05, 4.69) is 15.4 Å². The number of ketones is 1. The van der Waals surface area contributed by atoms with Crippen LogP contribution in [0.5, 0.6) is 0 Å². The van der Waals surface area contributed by atoms with E-state index >= 15 is 0 Å². The molecule has 0 aliphatic carbocycles. The molecule has 3 rings (SSSR count). The monoisotopic (exact) mass is 351 g/mol. The second kappa shape index (κ2) is 7.56. The number of nitrogens with zero attached hydrogens (tertiary/aromatic N) is 4. The number of rotatable bonds is 7. The van der Waals surface area contributed by atoms with E-state index in [1.54, 1.807) is 29.2 Å². The Bertz CT molecular complexity index is 937. The minimum Gasteiger partial charge on any atom is -0.333 e. The standard InChI is InChI=1S/C18H17N5O3/c1-13(24)14-5-6-16(17(12-14)23(25)26)20-18-8-11-22(21-18)10-7-15-4-2-3-9-19-15/h2-6,8-9,11-12H,7,10H2,1H3,(H,20,21). The van der Waals surface area contributed by atoms with Crippen molar-refractivity contribution in [3.8, 4) is 0 Å². The number of carbonyl (C=O) groups excluding carboxylic acids is 1. The quantitative estimate of drug-likeness (QED) is 0.398. The Morgan fingerprint density at radius 3 is 2.81 bits per heavy atom. The minimum atomic E-state index is -0.521. The molecular formula is C18H17N5O3. The summed E-state index contributed by atoms with van der Waals surface area (Å²) in [5, 5.41) is 18.6. The zero-order chi connectivity index (χ0) is 18.5. The summed E-state index contributed by atoms with van der Waals surface area (Å²) in [6.45, 7) is 2.01. The first-order chi connectivity index (χ1) is 12.5. The van der Waals surface area contributed by atoms with E-state index in [0.29, 0.717) is 17.9 Å². The Morgan fingerprint density at radius 2 is 2.12 bits per heavy atom. The van der Waals surface area contributed by atoms with E-state index in [1.165, 1.54) is 19.1 Å². The molecule has 8 heteroatoms. The fourth-order valence-electron chi connectivity index (χ4n) is 2.47. The van der Waals surface area contributed by atoms with Gasteiger partial charge in [0.1, 0.15) is 5.69 Å². The van der Waals surface area contributed by atoms with Gasteiger partial charge in [-0.1, -0.05) is 6.07 Å². The lowest BCUT2D eigenvalue weighted by atomic mass is 10.1. The number of aryl methyl sites for hydroxylation is 2. The molecule has 0 unspecified atom stereocenters. The number of hydrogen-bond donors (Lipinski definition) is 1. The number of carbonyl (C=O) groups is 1. The van der Waals surface area contributed by atoms with Gasteiger partial charge in [-0.15, -0.1) is 0 Å². The number of Topliss-reactive ketones (excluding diaryl/α,β-unsaturated/α-hetero) is 1. The molecule has 26 heavy (non-hydrogen) atoms. The molecule has 0 saturated heterocycles. The van der Waals surface area contributed by atoms with Crippen LogP contribution in [-0.2, 0) is 13.0 Å². The van der Waals surface area contributed by atoms with E-state index < -0.39 is 4.92 Å². The number of benzene rings is 1. The van der Waals surface area contributed by atoms with Gasteiger partial charge >= 0.3 is 0 Å². The summed E-state index contributed by atoms with van der Waals surface area (Å²) in [5.41, 5.74) is 1.38. The fourth-order valence-corrected chi connectivity index (χ4v) is 2.47. The molecule has 1 aromatic carbocycles. The summed E-state index contributed by atoms with van der Waals surface area (Å²) in [7, 11) is 0. The molecule has 0 aliphatic heterocycles. The highest BCUT2D eigenvalue weighted by molar-refractivity contribution is 5.95. The third-order valence-electron chi connectivity index (χ3n) is 3.83. The van der Waals surface area contributed by atoms with Crippen molar-refractivity contribution in [2.75, 3.05) is 5.32 Å². The van der Waals surface area contributed by atoms with Crippen molar-refractivity contribution in [3.05, 3.63) is 76.2 Å². The van der Waals surface area contributed by atoms with Crippen LogP contribution in [0.3, 0.4) is 0 Å². The van der Waals surface area contributed by atoms with E-state index in [9.17, 15) is 14.9 Å². The van der Waals surface area contributed by atoms with Gasteiger partial charge in [0, 0.05) is 48.7 Å². The van der Waals surface area contributed by atoms with Gasteiger partial charge in [-0.3, -0.25) is 24.6 Å². The Kier molecular flexibility index (Phi) is 5.02. The van der Waals surface area contributed by atoms with E-state index in [-0.39, 0.29) is 17.2 Å². The van der Waals surface area contributed by atoms with Crippen LogP contribution in [0, 0.1) is 10.1 Å². The molecule has 0 bridgehead atoms. The summed E-state index contributed by atoms with van der Waals surface area (Å²) < 4.78 is 1.74. The van der Waals surface area contributed by atoms with Crippen molar-refractivity contribution in [3.63, 3.8) is 0 Å². The summed E-state index contributed by atoms with van der Waals surface area (Å²) >= 11 is 0. The van der Waals surface area contributed by atoms with Crippen LogP contribution in [0.1, 0.15) is 23.0 Å². The Balaban J connectivity index is 1.72. The molecule has 0 amide bonds. The number of hydrogen-bond acceptors (Lipinski definition) is 6. The average Bonchev–Trinajstić information content (AvgIpc) is 3.08. The molecule has 2 heterocycles. The predicted molar refractivity (Wildman–Crippen MR) is 96.6 cm³/mol. The van der Waals surface area contributed by atoms with Crippen LogP contribution in [0.25, 0.3) is 0 Å². The summed E-state index contributed by atoms with van der Waals surface area (Å²) in [4.78, 5) is 26.4. The molecule has 0 spiro atoms. The molecule has 0 radical (unpaired) electrons. The first kappa shape index (κ1) is 17.3. The van der Waals surface area contributed by atoms with Gasteiger partial charge in [-0.2, -0.15) is 5.10 Å². The van der Waals surface area contributed by atoms with Crippen molar-refractivity contribution in [2.24, 2.45) is 0 Å². The highest BCUT2D eigenvalue weighted by Gasteiger charge is 2.17. The fraction of sp³-hybridized carbons (Fsp3) is 0.167. The molecule has 1 N–H and O–H groups in total. The predicted octanol–water partition coefficient (Wildman–Crippen LogP) is 3.38. The van der Waals surface area contributed by atoms with E-state index in [0.717, 1.165) is 12.1 Å². The first-order valence-electron chi connectivity index (χ1n) is 8.02. The topological polar surface area (TPSA) is 103 Å². The molecule has 3 aromatic rings. The van der Waals surface area contributed by atoms with Gasteiger partial charge in [-0.25, -0.2) is 0 Å². The maximum atomic E-state index is 11.4. The number of pyridine rings is 1. The van der Waals surface area contributed by atoms with Crippen LogP contribution in [-0.4, -0.2) is 25.5 Å². The number of anilines is 2. The summed E-state index contributed by atoms with van der Waals surface area (Å²) in [6, 6.07) is 11.8. The summed E-state index contributed by atoms with van der Waals surface area (Å²) in [5.74, 6) is 0.267. The molecule has 0 saturated carbocycles. The number of aromatic nitrogens is 3. The van der Waals surface area contributed by atoms with Crippen molar-refractivity contribution in [1.29, 1.82) is 0 Å². The maximum Gasteiger partial charge on any atom is 0.293 e. The van der Waals surface area contributed by atoms with E-state index in [4.69, 9.17) is 0 Å². The van der Waals surface area contributed by atoms with Crippen LogP contribution in [0.4, 0.5) is 17.2 Å². The van der Waals surface area contributed by atoms with Crippen LogP contribution < -0.4 is 5.32 Å². The SMILES string of the molecule is CC(=O)c1ccc(Nc2ccn(CCc3ccccn3)n2)c([N+](=O)[O-])c1. The van der Waals surface area contributed by atoms with Gasteiger partial charge in [0.05, 0.1) is 4.92 Å². The second-order valence-electron chi connectivity index (χ2n) is 5.71. The zero-order valence-corrected chi connectivity index (χ0v) is 14.1. The van der Waals surface area contributed by atoms with Crippen LogP contribution in [0.2, 0.25) is 0 Å². The number of nitro benzene ring substituents is 1. The highest BCUT2D eigenvalue weighted by atomic mass is 16.6. The lowest BCUT2D eigenvalue weighted by Crippen LogP contribution is -2.04. The first-order valence-corrected chi connectivity index (χ1v) is 8.02. The largest absolute Gasteiger partial charge is 0.333 e. The van der Waals surface area contributed by atoms with Crippen LogP contribution >= 0.6 is 0 Å². The third-order valence-corrected chi connectivity index (χ3v) is 3.83. The normalized spacial score (nSPS) is 10.5. The van der Waals surface area contributed by atoms with Crippen molar-refractivity contribution < 1.29 is 9.72 Å². The molecule has 0 atom stereocenters. The van der Waals surface area contributed by atoms with Crippen LogP contribution in [0.15, 0.2) is 54.9 Å². The molecule has 2 aromatic heterocycles. The molecule has 8 nitrogen and oxygen atoms in total. The van der Waals surface area contributed by atoms with Gasteiger partial charge in [0.2, 0.25) is 0 Å². The highest BCUT2D eigenvalue weighted by Crippen LogP contribution is 2.28. The molecule has 132 valence electrons. The second-order valence-corrected chi connectivity index (χ2v) is 5.71. The molecule has 0 fully saturated rings. The number of nitro groups is 1. The van der Waals surface area contributed by atoms with Gasteiger partial charge in [-0.05, 0) is 31.2 Å². The lowest BCUT2D eigenvalue weighted by molar-refractivity contribution is -0.383. The van der Waals surface area contributed by atoms with Gasteiger partial charge < -0.3 is 5.32 Å². The van der Waals surface area contributed by atoms with Crippen molar-refractivity contribution in [2.45, 2.75) is 19.9 Å². The lowest BCUT2D eigenvalue weighted by Gasteiger charge is -2.06. The van der Waals surface area contributed by atoms with E-state index in [1.807, 2.05) is 18.2 Å². The Morgan fingerprint density at radius 1 is 1.27 bits per heavy atom. The molecule has 0 aliphatic rings. The molecular weight excluding hydrogens is 334 g/mol. The van der Waals surface area contributed by atoms with Gasteiger partial charge in [0.15, 0.2) is 11.6 Å². The zero-order valence-electron chi connectivity index (χ0n) is 14.1. The average molecular weight is 351 g/mol. The number of nitrogens with one attached hydrogen (secondary N) is 1. The maximum absolute atomic E-state index is 11.4.